The van der Waals surface area contributed by atoms with Gasteiger partial charge in [0.25, 0.3) is 0 Å². The largest absolute Gasteiger partial charge is 0.450 e. The lowest BCUT2D eigenvalue weighted by molar-refractivity contribution is -0.0116. The molecule has 1 saturated carbocycles. The maximum absolute atomic E-state index is 12.2. The summed E-state index contributed by atoms with van der Waals surface area (Å²) in [5.41, 5.74) is 0.335. The van der Waals surface area contributed by atoms with Crippen LogP contribution in [0.1, 0.15) is 39.0 Å². The highest BCUT2D eigenvalue weighted by molar-refractivity contribution is 5.76. The molecule has 7 heteroatoms. The fraction of sp³-hybridized carbons (Fsp3) is 0.895. The summed E-state index contributed by atoms with van der Waals surface area (Å²) in [7, 11) is 1.90. The van der Waals surface area contributed by atoms with Crippen LogP contribution < -0.4 is 0 Å². The van der Waals surface area contributed by atoms with E-state index in [9.17, 15) is 9.59 Å². The minimum absolute atomic E-state index is 0.145. The molecule has 1 aliphatic carbocycles. The van der Waals surface area contributed by atoms with Crippen LogP contribution in [0.2, 0.25) is 0 Å². The van der Waals surface area contributed by atoms with Gasteiger partial charge < -0.3 is 24.3 Å². The molecule has 1 spiro atoms. The predicted molar refractivity (Wildman–Crippen MR) is 98.0 cm³/mol. The fourth-order valence-corrected chi connectivity index (χ4v) is 5.41. The van der Waals surface area contributed by atoms with E-state index in [-0.39, 0.29) is 12.1 Å². The minimum atomic E-state index is -0.145. The molecule has 0 aromatic heterocycles. The number of carbonyl (C=O) groups excluding carboxylic acids is 2. The number of piperidine rings is 1. The van der Waals surface area contributed by atoms with E-state index in [2.05, 4.69) is 9.80 Å². The van der Waals surface area contributed by atoms with Gasteiger partial charge in [-0.15, -0.1) is 0 Å². The van der Waals surface area contributed by atoms with Gasteiger partial charge in [-0.1, -0.05) is 0 Å². The van der Waals surface area contributed by atoms with Gasteiger partial charge in [-0.2, -0.15) is 0 Å². The SMILES string of the molecule is CCOC(=O)N1CCC2(CC(N3CCC(N4CCN(C)C4=O)CC3)C2)C1. The Bertz CT molecular complexity index is 555. The Balaban J connectivity index is 1.23. The molecule has 4 rings (SSSR count). The van der Waals surface area contributed by atoms with E-state index in [0.29, 0.717) is 24.1 Å². The number of urea groups is 1. The number of nitrogens with zero attached hydrogens (tertiary/aromatic N) is 4. The highest BCUT2D eigenvalue weighted by Crippen LogP contribution is 2.50. The van der Waals surface area contributed by atoms with Crippen LogP contribution in [0.5, 0.6) is 0 Å². The average Bonchev–Trinajstić information content (AvgIpc) is 3.19. The first-order valence-corrected chi connectivity index (χ1v) is 10.2. The Labute approximate surface area is 156 Å². The first-order valence-electron chi connectivity index (χ1n) is 10.2. The molecule has 0 bridgehead atoms. The van der Waals surface area contributed by atoms with Crippen molar-refractivity contribution in [1.29, 1.82) is 0 Å². The first kappa shape index (κ1) is 17.9. The summed E-state index contributed by atoms with van der Waals surface area (Å²) in [4.78, 5) is 32.5. The highest BCUT2D eigenvalue weighted by atomic mass is 16.6. The Kier molecular flexibility index (Phi) is 4.75. The third-order valence-corrected chi connectivity index (χ3v) is 7.01. The number of hydrogen-bond acceptors (Lipinski definition) is 4. The molecule has 3 amide bonds. The van der Waals surface area contributed by atoms with E-state index >= 15 is 0 Å². The van der Waals surface area contributed by atoms with Crippen LogP contribution >= 0.6 is 0 Å². The summed E-state index contributed by atoms with van der Waals surface area (Å²) in [5.74, 6) is 0. The van der Waals surface area contributed by atoms with Crippen molar-refractivity contribution in [3.8, 4) is 0 Å². The molecule has 0 atom stereocenters. The third kappa shape index (κ3) is 3.15. The fourth-order valence-electron chi connectivity index (χ4n) is 5.41. The summed E-state index contributed by atoms with van der Waals surface area (Å²) in [6.07, 6.45) is 5.58. The lowest BCUT2D eigenvalue weighted by Gasteiger charge is -2.52. The molecule has 0 N–H and O–H groups in total. The number of carbonyl (C=O) groups is 2. The molecule has 3 aliphatic heterocycles. The number of amides is 3. The Hall–Kier alpha value is -1.50. The lowest BCUT2D eigenvalue weighted by Crippen LogP contribution is -2.56. The molecule has 4 aliphatic rings. The molecule has 26 heavy (non-hydrogen) atoms. The van der Waals surface area contributed by atoms with Crippen LogP contribution in [0.25, 0.3) is 0 Å². The Morgan fingerprint density at radius 1 is 1.12 bits per heavy atom. The van der Waals surface area contributed by atoms with Gasteiger partial charge in [0.15, 0.2) is 0 Å². The maximum atomic E-state index is 12.2. The second kappa shape index (κ2) is 6.91. The molecule has 0 aromatic carbocycles. The summed E-state index contributed by atoms with van der Waals surface area (Å²) in [5, 5.41) is 0. The van der Waals surface area contributed by atoms with Crippen LogP contribution in [0.3, 0.4) is 0 Å². The summed E-state index contributed by atoms with van der Waals surface area (Å²) >= 11 is 0. The van der Waals surface area contributed by atoms with Gasteiger partial charge in [0.2, 0.25) is 0 Å². The van der Waals surface area contributed by atoms with Gasteiger partial charge in [-0.25, -0.2) is 9.59 Å². The van der Waals surface area contributed by atoms with Gasteiger partial charge in [-0.3, -0.25) is 0 Å². The molecular weight excluding hydrogens is 332 g/mol. The number of likely N-dealkylation sites (tertiary alicyclic amines) is 2. The maximum Gasteiger partial charge on any atom is 0.409 e. The third-order valence-electron chi connectivity index (χ3n) is 7.01. The standard InChI is InChI=1S/C19H32N4O3/c1-3-26-18(25)22-9-6-19(14-22)12-16(13-19)21-7-4-15(5-8-21)23-11-10-20(2)17(23)24/h15-16H,3-14H2,1-2H3. The number of hydrogen-bond donors (Lipinski definition) is 0. The molecule has 0 radical (unpaired) electrons. The average molecular weight is 364 g/mol. The summed E-state index contributed by atoms with van der Waals surface area (Å²) < 4.78 is 5.15. The van der Waals surface area contributed by atoms with Crippen molar-refractivity contribution in [2.45, 2.75) is 51.1 Å². The van der Waals surface area contributed by atoms with Crippen molar-refractivity contribution in [1.82, 2.24) is 19.6 Å². The van der Waals surface area contributed by atoms with Crippen LogP contribution in [0.15, 0.2) is 0 Å². The molecule has 0 aromatic rings. The van der Waals surface area contributed by atoms with E-state index in [1.54, 1.807) is 0 Å². The number of rotatable bonds is 3. The highest BCUT2D eigenvalue weighted by Gasteiger charge is 2.51. The predicted octanol–water partition coefficient (Wildman–Crippen LogP) is 1.83. The minimum Gasteiger partial charge on any atom is -0.450 e. The van der Waals surface area contributed by atoms with Gasteiger partial charge in [0.05, 0.1) is 6.61 Å². The van der Waals surface area contributed by atoms with Crippen molar-refractivity contribution < 1.29 is 14.3 Å². The zero-order valence-corrected chi connectivity index (χ0v) is 16.2. The van der Waals surface area contributed by atoms with E-state index < -0.39 is 0 Å². The van der Waals surface area contributed by atoms with Gasteiger partial charge in [-0.05, 0) is 44.4 Å². The number of ether oxygens (including phenoxy) is 1. The lowest BCUT2D eigenvalue weighted by atomic mass is 9.64. The number of likely N-dealkylation sites (N-methyl/N-ethyl adjacent to an activating group) is 1. The van der Waals surface area contributed by atoms with Crippen LogP contribution in [0.4, 0.5) is 9.59 Å². The van der Waals surface area contributed by atoms with Gasteiger partial charge in [0.1, 0.15) is 0 Å². The normalized spacial score (nSPS) is 33.2. The van der Waals surface area contributed by atoms with Crippen LogP contribution in [0, 0.1) is 5.41 Å². The van der Waals surface area contributed by atoms with Crippen molar-refractivity contribution in [3.05, 3.63) is 0 Å². The molecular formula is C19H32N4O3. The Morgan fingerprint density at radius 2 is 1.85 bits per heavy atom. The van der Waals surface area contributed by atoms with Crippen molar-refractivity contribution in [3.63, 3.8) is 0 Å². The van der Waals surface area contributed by atoms with E-state index in [4.69, 9.17) is 4.74 Å². The van der Waals surface area contributed by atoms with Gasteiger partial charge >= 0.3 is 12.1 Å². The molecule has 4 fully saturated rings. The van der Waals surface area contributed by atoms with Gasteiger partial charge in [0, 0.05) is 58.4 Å². The second-order valence-corrected chi connectivity index (χ2v) is 8.60. The van der Waals surface area contributed by atoms with E-state index in [1.807, 2.05) is 23.8 Å². The molecule has 3 saturated heterocycles. The zero-order chi connectivity index (χ0) is 18.3. The quantitative estimate of drug-likeness (QED) is 0.767. The summed E-state index contributed by atoms with van der Waals surface area (Å²) in [6, 6.07) is 1.29. The van der Waals surface area contributed by atoms with Crippen LogP contribution in [-0.2, 0) is 4.74 Å². The monoisotopic (exact) mass is 364 g/mol. The topological polar surface area (TPSA) is 56.3 Å². The van der Waals surface area contributed by atoms with Crippen molar-refractivity contribution in [2.75, 3.05) is 52.9 Å². The smallest absolute Gasteiger partial charge is 0.409 e. The van der Waals surface area contributed by atoms with Crippen LogP contribution in [-0.4, -0.2) is 96.7 Å². The molecule has 0 unspecified atom stereocenters. The van der Waals surface area contributed by atoms with Crippen molar-refractivity contribution in [2.24, 2.45) is 5.41 Å². The molecule has 3 heterocycles. The molecule has 7 nitrogen and oxygen atoms in total. The zero-order valence-electron chi connectivity index (χ0n) is 16.2. The summed E-state index contributed by atoms with van der Waals surface area (Å²) in [6.45, 7) is 7.97. The van der Waals surface area contributed by atoms with Crippen molar-refractivity contribution >= 4 is 12.1 Å². The second-order valence-electron chi connectivity index (χ2n) is 8.60. The molecule has 146 valence electrons. The Morgan fingerprint density at radius 3 is 2.46 bits per heavy atom. The van der Waals surface area contributed by atoms with E-state index in [0.717, 1.165) is 58.5 Å². The van der Waals surface area contributed by atoms with E-state index in [1.165, 1.54) is 12.8 Å². The first-order chi connectivity index (χ1) is 12.5.